The van der Waals surface area contributed by atoms with Crippen molar-refractivity contribution in [2.75, 3.05) is 17.8 Å². The van der Waals surface area contributed by atoms with Crippen molar-refractivity contribution < 1.29 is 13.3 Å². The zero-order valence-electron chi connectivity index (χ0n) is 9.49. The number of thioether (sulfide) groups is 1. The Morgan fingerprint density at radius 1 is 1.50 bits per heavy atom. The second-order valence-corrected chi connectivity index (χ2v) is 6.92. The summed E-state index contributed by atoms with van der Waals surface area (Å²) in [5.41, 5.74) is 0.0294. The molecule has 0 saturated heterocycles. The molecule has 0 N–H and O–H groups in total. The van der Waals surface area contributed by atoms with Crippen LogP contribution in [-0.2, 0) is 9.84 Å². The van der Waals surface area contributed by atoms with Crippen LogP contribution in [0.15, 0.2) is 23.1 Å². The van der Waals surface area contributed by atoms with E-state index >= 15 is 0 Å². The lowest BCUT2D eigenvalue weighted by Gasteiger charge is -2.03. The van der Waals surface area contributed by atoms with Gasteiger partial charge in [-0.15, -0.1) is 11.8 Å². The lowest BCUT2D eigenvalue weighted by Crippen LogP contribution is -2.05. The van der Waals surface area contributed by atoms with Gasteiger partial charge in [0.05, 0.1) is 16.2 Å². The van der Waals surface area contributed by atoms with Crippen molar-refractivity contribution in [3.63, 3.8) is 0 Å². The highest BCUT2D eigenvalue weighted by Gasteiger charge is 2.11. The Balaban J connectivity index is 2.84. The van der Waals surface area contributed by atoms with E-state index in [1.54, 1.807) is 0 Å². The van der Waals surface area contributed by atoms with Crippen molar-refractivity contribution in [1.82, 2.24) is 0 Å². The van der Waals surface area contributed by atoms with Gasteiger partial charge in [0.1, 0.15) is 15.9 Å². The first-order valence-electron chi connectivity index (χ1n) is 4.82. The van der Waals surface area contributed by atoms with Crippen LogP contribution in [0.3, 0.4) is 0 Å². The first-order valence-corrected chi connectivity index (χ1v) is 7.87. The molecule has 0 spiro atoms. The second kappa shape index (κ2) is 5.84. The van der Waals surface area contributed by atoms with E-state index < -0.39 is 14.8 Å². The highest BCUT2D eigenvalue weighted by Crippen LogP contribution is 2.26. The highest BCUT2D eigenvalue weighted by atomic mass is 32.2. The van der Waals surface area contributed by atoms with Crippen molar-refractivity contribution in [2.24, 2.45) is 0 Å². The monoisotopic (exact) mass is 286 g/mol. The average molecular weight is 286 g/mol. The molecule has 0 aliphatic rings. The normalized spacial score (nSPS) is 10.9. The molecule has 0 aliphatic heterocycles. The summed E-state index contributed by atoms with van der Waals surface area (Å²) in [7, 11) is -3.05. The molecule has 0 unspecified atom stereocenters. The smallest absolute Gasteiger partial charge is 0.258 e. The summed E-state index contributed by atoms with van der Waals surface area (Å²) in [5, 5.41) is 19.4. The lowest BCUT2D eigenvalue weighted by atomic mass is 10.2. The summed E-state index contributed by atoms with van der Waals surface area (Å²) >= 11 is 1.19. The number of nitrogens with zero attached hydrogens (tertiary/aromatic N) is 2. The van der Waals surface area contributed by atoms with Crippen LogP contribution in [0.4, 0.5) is 5.69 Å². The highest BCUT2D eigenvalue weighted by molar-refractivity contribution is 8.00. The van der Waals surface area contributed by atoms with Gasteiger partial charge in [-0.25, -0.2) is 8.42 Å². The molecule has 0 bridgehead atoms. The summed E-state index contributed by atoms with van der Waals surface area (Å²) < 4.78 is 21.9. The Morgan fingerprint density at radius 3 is 2.67 bits per heavy atom. The Hall–Kier alpha value is -1.59. The lowest BCUT2D eigenvalue weighted by molar-refractivity contribution is -0.384. The molecule has 1 aromatic rings. The Bertz CT molecular complexity index is 605. The molecule has 96 valence electrons. The number of hydrogen-bond acceptors (Lipinski definition) is 6. The number of nitro benzene ring substituents is 1. The van der Waals surface area contributed by atoms with E-state index in [-0.39, 0.29) is 17.0 Å². The van der Waals surface area contributed by atoms with E-state index in [0.717, 1.165) is 6.26 Å². The van der Waals surface area contributed by atoms with Crippen molar-refractivity contribution in [2.45, 2.75) is 4.90 Å². The number of rotatable bonds is 5. The zero-order valence-corrected chi connectivity index (χ0v) is 11.1. The summed E-state index contributed by atoms with van der Waals surface area (Å²) in [5.74, 6) is 0.310. The van der Waals surface area contributed by atoms with Gasteiger partial charge in [0, 0.05) is 29.0 Å². The Morgan fingerprint density at radius 2 is 2.17 bits per heavy atom. The fraction of sp³-hybridized carbons (Fsp3) is 0.300. The van der Waals surface area contributed by atoms with Crippen LogP contribution in [-0.4, -0.2) is 31.1 Å². The molecular formula is C10H10N2O4S2. The van der Waals surface area contributed by atoms with E-state index in [9.17, 15) is 18.5 Å². The van der Waals surface area contributed by atoms with E-state index in [0.29, 0.717) is 10.6 Å². The topological polar surface area (TPSA) is 101 Å². The Kier molecular flexibility index (Phi) is 4.69. The van der Waals surface area contributed by atoms with Gasteiger partial charge in [0.15, 0.2) is 0 Å². The molecule has 0 radical (unpaired) electrons. The summed E-state index contributed by atoms with van der Waals surface area (Å²) in [6, 6.07) is 5.80. The van der Waals surface area contributed by atoms with Gasteiger partial charge in [-0.05, 0) is 6.07 Å². The molecule has 0 amide bonds. The second-order valence-electron chi connectivity index (χ2n) is 3.53. The number of benzene rings is 1. The largest absolute Gasteiger partial charge is 0.270 e. The molecule has 0 atom stereocenters. The van der Waals surface area contributed by atoms with Crippen LogP contribution in [0.25, 0.3) is 0 Å². The van der Waals surface area contributed by atoms with Crippen LogP contribution in [0, 0.1) is 21.4 Å². The maximum atomic E-state index is 11.0. The molecule has 1 rings (SSSR count). The molecule has 8 heteroatoms. The van der Waals surface area contributed by atoms with Crippen LogP contribution in [0.1, 0.15) is 5.56 Å². The molecule has 1 aromatic carbocycles. The standard InChI is InChI=1S/C10H10N2O4S2/c1-18(15,16)5-4-17-10-3-2-9(12(13)14)6-8(10)7-11/h2-3,6H,4-5H2,1H3. The fourth-order valence-corrected chi connectivity index (χ4v) is 3.34. The minimum Gasteiger partial charge on any atom is -0.258 e. The maximum Gasteiger partial charge on any atom is 0.270 e. The van der Waals surface area contributed by atoms with Crippen molar-refractivity contribution in [3.05, 3.63) is 33.9 Å². The third kappa shape index (κ3) is 4.35. The first-order chi connectivity index (χ1) is 8.33. The van der Waals surface area contributed by atoms with Gasteiger partial charge in [-0.2, -0.15) is 5.26 Å². The van der Waals surface area contributed by atoms with Gasteiger partial charge in [0.25, 0.3) is 5.69 Å². The number of sulfone groups is 1. The van der Waals surface area contributed by atoms with Gasteiger partial charge in [-0.1, -0.05) is 0 Å². The number of nitro groups is 1. The van der Waals surface area contributed by atoms with Gasteiger partial charge in [0.2, 0.25) is 0 Å². The number of nitriles is 1. The summed E-state index contributed by atoms with van der Waals surface area (Å²) in [4.78, 5) is 10.5. The van der Waals surface area contributed by atoms with Crippen molar-refractivity contribution in [1.29, 1.82) is 5.26 Å². The quantitative estimate of drug-likeness (QED) is 0.463. The van der Waals surface area contributed by atoms with E-state index in [1.165, 1.54) is 30.0 Å². The first kappa shape index (κ1) is 14.5. The summed E-state index contributed by atoms with van der Waals surface area (Å²) in [6.45, 7) is 0. The molecule has 0 heterocycles. The van der Waals surface area contributed by atoms with E-state index in [4.69, 9.17) is 5.26 Å². The van der Waals surface area contributed by atoms with Crippen LogP contribution >= 0.6 is 11.8 Å². The molecule has 0 aliphatic carbocycles. The average Bonchev–Trinajstić information content (AvgIpc) is 2.27. The Labute approximate surface area is 109 Å². The van der Waals surface area contributed by atoms with Crippen molar-refractivity contribution in [3.8, 4) is 6.07 Å². The molecule has 0 fully saturated rings. The van der Waals surface area contributed by atoms with Crippen LogP contribution < -0.4 is 0 Å². The predicted octanol–water partition coefficient (Wildman–Crippen LogP) is 1.60. The predicted molar refractivity (Wildman–Crippen MR) is 68.2 cm³/mol. The van der Waals surface area contributed by atoms with E-state index in [2.05, 4.69) is 0 Å². The summed E-state index contributed by atoms with van der Waals surface area (Å²) in [6.07, 6.45) is 1.13. The number of hydrogen-bond donors (Lipinski definition) is 0. The van der Waals surface area contributed by atoms with Crippen LogP contribution in [0.5, 0.6) is 0 Å². The van der Waals surface area contributed by atoms with Gasteiger partial charge >= 0.3 is 0 Å². The molecular weight excluding hydrogens is 276 g/mol. The van der Waals surface area contributed by atoms with Crippen molar-refractivity contribution >= 4 is 27.3 Å². The van der Waals surface area contributed by atoms with Gasteiger partial charge < -0.3 is 0 Å². The fourth-order valence-electron chi connectivity index (χ4n) is 1.15. The molecule has 6 nitrogen and oxygen atoms in total. The van der Waals surface area contributed by atoms with Gasteiger partial charge in [-0.3, -0.25) is 10.1 Å². The SMILES string of the molecule is CS(=O)(=O)CCSc1ccc([N+](=O)[O-])cc1C#N. The number of non-ortho nitro benzene ring substituents is 1. The van der Waals surface area contributed by atoms with E-state index in [1.807, 2.05) is 6.07 Å². The molecule has 18 heavy (non-hydrogen) atoms. The molecule has 0 saturated carbocycles. The zero-order chi connectivity index (χ0) is 13.8. The minimum absolute atomic E-state index is 0.000473. The molecule has 0 aromatic heterocycles. The van der Waals surface area contributed by atoms with Crippen LogP contribution in [0.2, 0.25) is 0 Å². The third-order valence-electron chi connectivity index (χ3n) is 2.01. The maximum absolute atomic E-state index is 11.0. The third-order valence-corrected chi connectivity index (χ3v) is 4.29. The minimum atomic E-state index is -3.05.